The molecule has 1 aliphatic heterocycles. The van der Waals surface area contributed by atoms with Gasteiger partial charge in [0.1, 0.15) is 25.4 Å². The van der Waals surface area contributed by atoms with Gasteiger partial charge in [0.25, 0.3) is 5.09 Å². The maximum Gasteiger partial charge on any atom is 0.306 e. The molecular weight excluding hydrogens is 696 g/mol. The number of hydrogen-bond donors (Lipinski definition) is 5. The van der Waals surface area contributed by atoms with Crippen LogP contribution in [0.15, 0.2) is 60.7 Å². The van der Waals surface area contributed by atoms with E-state index in [1.807, 2.05) is 58.0 Å². The number of para-hydroxylation sites is 1. The Morgan fingerprint density at radius 1 is 1.00 bits per heavy atom. The molecule has 1 heterocycles. The molecule has 54 heavy (non-hydrogen) atoms. The Bertz CT molecular complexity index is 1410. The minimum atomic E-state index is -0.808. The summed E-state index contributed by atoms with van der Waals surface area (Å²) in [5.74, 6) is 0.930. The summed E-state index contributed by atoms with van der Waals surface area (Å²) in [4.78, 5) is 26.5. The van der Waals surface area contributed by atoms with Gasteiger partial charge in [-0.3, -0.25) is 4.79 Å². The predicted octanol–water partition coefficient (Wildman–Crippen LogP) is 5.12. The molecule has 13 heteroatoms. The van der Waals surface area contributed by atoms with Gasteiger partial charge in [-0.25, -0.2) is 0 Å². The van der Waals surface area contributed by atoms with Crippen LogP contribution in [0.1, 0.15) is 90.2 Å². The fourth-order valence-corrected chi connectivity index (χ4v) is 6.76. The molecule has 1 saturated carbocycles. The van der Waals surface area contributed by atoms with E-state index < -0.39 is 35.6 Å². The third-order valence-corrected chi connectivity index (χ3v) is 9.51. The second kappa shape index (κ2) is 23.9. The Morgan fingerprint density at radius 2 is 1.74 bits per heavy atom. The van der Waals surface area contributed by atoms with Crippen LogP contribution in [0.3, 0.4) is 0 Å². The Kier molecular flexibility index (Phi) is 19.8. The average Bonchev–Trinajstić information content (AvgIpc) is 3.40. The van der Waals surface area contributed by atoms with Crippen LogP contribution < -0.4 is 14.8 Å². The maximum atomic E-state index is 11.5. The van der Waals surface area contributed by atoms with Crippen LogP contribution >= 0.6 is 0 Å². The largest absolute Gasteiger partial charge is 0.487 e. The summed E-state index contributed by atoms with van der Waals surface area (Å²) in [5.41, 5.74) is 2.01. The number of aliphatic hydroxyl groups excluding tert-OH is 4. The highest BCUT2D eigenvalue weighted by molar-refractivity contribution is 5.69. The number of carbonyl (C=O) groups is 1. The van der Waals surface area contributed by atoms with Crippen molar-refractivity contribution in [2.45, 2.75) is 135 Å². The number of esters is 1. The fraction of sp³-hybridized carbons (Fsp3) is 0.634. The standard InChI is InChI=1S/C26H40O5.C15H22N2O6/c1-19(2)31-26(30)13-9-4-3-8-12-22-23(25(29)18-24(22)28)17-16-21(27)15-14-20-10-6-5-7-11-20;1-10(2)16-7-12(18)8-21-14-5-3-4-11-6-13(23-17(19)20)9-22-15(11)14/h3,5-8,10-11,19,21-25,27-29H,4,9,12-18H2,1-2H3;3-5,10,12-13,16,18H,6-9H2,1-2H3/b8-3-;/t21-,22+,23+,24-,25+;/m0./s1. The number of carbonyl (C=O) groups excluding carboxylic acids is 1. The molecule has 13 nitrogen and oxygen atoms in total. The van der Waals surface area contributed by atoms with Crippen molar-refractivity contribution in [2.24, 2.45) is 11.8 Å². The lowest BCUT2D eigenvalue weighted by atomic mass is 9.85. The van der Waals surface area contributed by atoms with Crippen LogP contribution in [0.2, 0.25) is 0 Å². The molecule has 5 N–H and O–H groups in total. The molecule has 4 rings (SSSR count). The summed E-state index contributed by atoms with van der Waals surface area (Å²) in [6.07, 6.45) is 7.70. The predicted molar refractivity (Wildman–Crippen MR) is 205 cm³/mol. The number of allylic oxidation sites excluding steroid dienone is 2. The van der Waals surface area contributed by atoms with E-state index >= 15 is 0 Å². The molecule has 0 radical (unpaired) electrons. The molecular formula is C41H62N2O11. The molecule has 2 unspecified atom stereocenters. The number of aliphatic hydroxyl groups is 4. The van der Waals surface area contributed by atoms with Gasteiger partial charge in [-0.15, -0.1) is 10.1 Å². The normalized spacial score (nSPS) is 21.9. The zero-order valence-electron chi connectivity index (χ0n) is 32.3. The molecule has 1 aliphatic carbocycles. The Morgan fingerprint density at radius 3 is 2.44 bits per heavy atom. The Balaban J connectivity index is 0.000000303. The van der Waals surface area contributed by atoms with Gasteiger partial charge in [-0.05, 0) is 88.7 Å². The van der Waals surface area contributed by atoms with Gasteiger partial charge >= 0.3 is 5.97 Å². The van der Waals surface area contributed by atoms with Crippen molar-refractivity contribution < 1.29 is 49.4 Å². The van der Waals surface area contributed by atoms with Gasteiger partial charge in [0.2, 0.25) is 0 Å². The van der Waals surface area contributed by atoms with Crippen molar-refractivity contribution >= 4 is 5.97 Å². The first-order chi connectivity index (χ1) is 25.8. The first kappa shape index (κ1) is 44.6. The second-order valence-corrected chi connectivity index (χ2v) is 14.8. The third kappa shape index (κ3) is 16.7. The first-order valence-corrected chi connectivity index (χ1v) is 19.3. The number of ether oxygens (including phenoxy) is 3. The molecule has 2 aromatic rings. The highest BCUT2D eigenvalue weighted by Crippen LogP contribution is 2.39. The number of hydrogen-bond acceptors (Lipinski definition) is 12. The van der Waals surface area contributed by atoms with Crippen LogP contribution in [0.5, 0.6) is 11.5 Å². The number of aryl methyl sites for hydroxylation is 1. The SMILES string of the molecule is CC(C)NCC(O)COc1cccc2c1OCC(O[N+](=O)[O-])C2.CC(C)OC(=O)CCC/C=C\C[C@@H]1[C@@H](CC[C@@H](O)CCc2ccccc2)[C@H](O)C[C@@H]1O. The topological polar surface area (TPSA) is 190 Å². The van der Waals surface area contributed by atoms with Gasteiger partial charge < -0.3 is 44.8 Å². The molecule has 0 aromatic heterocycles. The summed E-state index contributed by atoms with van der Waals surface area (Å²) in [5, 5.41) is 53.8. The van der Waals surface area contributed by atoms with Crippen LogP contribution in [0.4, 0.5) is 0 Å². The van der Waals surface area contributed by atoms with Crippen molar-refractivity contribution in [2.75, 3.05) is 19.8 Å². The van der Waals surface area contributed by atoms with Crippen LogP contribution in [0, 0.1) is 22.0 Å². The number of benzene rings is 2. The van der Waals surface area contributed by atoms with E-state index in [0.717, 1.165) is 24.8 Å². The summed E-state index contributed by atoms with van der Waals surface area (Å²) in [6, 6.07) is 15.8. The lowest BCUT2D eigenvalue weighted by Gasteiger charge is -2.25. The lowest BCUT2D eigenvalue weighted by molar-refractivity contribution is -0.769. The molecule has 0 bridgehead atoms. The smallest absolute Gasteiger partial charge is 0.306 e. The number of rotatable bonds is 21. The van der Waals surface area contributed by atoms with Crippen molar-refractivity contribution in [1.82, 2.24) is 5.32 Å². The van der Waals surface area contributed by atoms with Crippen molar-refractivity contribution in [3.8, 4) is 11.5 Å². The van der Waals surface area contributed by atoms with Crippen molar-refractivity contribution in [1.29, 1.82) is 0 Å². The van der Waals surface area contributed by atoms with E-state index in [-0.39, 0.29) is 43.2 Å². The van der Waals surface area contributed by atoms with Gasteiger partial charge in [0, 0.05) is 31.0 Å². The minimum Gasteiger partial charge on any atom is -0.487 e. The Hall–Kier alpha value is -3.75. The van der Waals surface area contributed by atoms with Crippen molar-refractivity contribution in [3.05, 3.63) is 81.9 Å². The van der Waals surface area contributed by atoms with E-state index in [2.05, 4.69) is 28.4 Å². The molecule has 7 atom stereocenters. The maximum absolute atomic E-state index is 11.5. The molecule has 0 amide bonds. The molecule has 1 fully saturated rings. The van der Waals surface area contributed by atoms with E-state index in [1.54, 1.807) is 12.1 Å². The number of nitrogens with one attached hydrogen (secondary N) is 1. The van der Waals surface area contributed by atoms with Crippen LogP contribution in [-0.4, -0.2) is 93.9 Å². The van der Waals surface area contributed by atoms with E-state index in [0.29, 0.717) is 63.0 Å². The van der Waals surface area contributed by atoms with E-state index in [9.17, 15) is 35.3 Å². The van der Waals surface area contributed by atoms with Crippen LogP contribution in [-0.2, 0) is 27.2 Å². The van der Waals surface area contributed by atoms with E-state index in [4.69, 9.17) is 14.2 Å². The molecule has 0 saturated heterocycles. The molecule has 0 spiro atoms. The van der Waals surface area contributed by atoms with Gasteiger partial charge in [-0.1, -0.05) is 68.5 Å². The number of nitrogens with zero attached hydrogens (tertiary/aromatic N) is 1. The molecule has 2 aliphatic rings. The quantitative estimate of drug-likeness (QED) is 0.0372. The summed E-state index contributed by atoms with van der Waals surface area (Å²) < 4.78 is 16.3. The summed E-state index contributed by atoms with van der Waals surface area (Å²) >= 11 is 0. The van der Waals surface area contributed by atoms with Gasteiger partial charge in [-0.2, -0.15) is 0 Å². The summed E-state index contributed by atoms with van der Waals surface area (Å²) in [6.45, 7) is 8.35. The second-order valence-electron chi connectivity index (χ2n) is 14.8. The van der Waals surface area contributed by atoms with Gasteiger partial charge in [0.05, 0.1) is 24.4 Å². The van der Waals surface area contributed by atoms with Crippen LogP contribution in [0.25, 0.3) is 0 Å². The minimum absolute atomic E-state index is 0.00652. The fourth-order valence-electron chi connectivity index (χ4n) is 6.76. The number of unbranched alkanes of at least 4 members (excludes halogenated alkanes) is 1. The first-order valence-electron chi connectivity index (χ1n) is 19.3. The zero-order valence-corrected chi connectivity index (χ0v) is 32.3. The Labute approximate surface area is 319 Å². The molecule has 302 valence electrons. The summed E-state index contributed by atoms with van der Waals surface area (Å²) in [7, 11) is 0. The lowest BCUT2D eigenvalue weighted by Crippen LogP contribution is -2.35. The average molecular weight is 759 g/mol. The monoisotopic (exact) mass is 758 g/mol. The van der Waals surface area contributed by atoms with E-state index in [1.165, 1.54) is 5.56 Å². The highest BCUT2D eigenvalue weighted by Gasteiger charge is 2.40. The third-order valence-electron chi connectivity index (χ3n) is 9.51. The number of fused-ring (bicyclic) bond motifs is 1. The highest BCUT2D eigenvalue weighted by atomic mass is 17.0. The van der Waals surface area contributed by atoms with Gasteiger partial charge in [0.15, 0.2) is 11.5 Å². The zero-order chi connectivity index (χ0) is 39.5. The van der Waals surface area contributed by atoms with Crippen molar-refractivity contribution in [3.63, 3.8) is 0 Å². The molecule has 2 aromatic carbocycles.